The highest BCUT2D eigenvalue weighted by Gasteiger charge is 2.37. The fourth-order valence-electron chi connectivity index (χ4n) is 3.30. The number of carbonyl (C=O) groups excluding carboxylic acids is 2. The number of rotatable bonds is 4. The summed E-state index contributed by atoms with van der Waals surface area (Å²) >= 11 is 0. The van der Waals surface area contributed by atoms with Gasteiger partial charge in [-0.3, -0.25) is 9.59 Å². The second-order valence-electron chi connectivity index (χ2n) is 6.60. The van der Waals surface area contributed by atoms with Crippen LogP contribution in [0.4, 0.5) is 5.69 Å². The molecule has 2 aliphatic heterocycles. The minimum Gasteiger partial charge on any atom is -0.491 e. The van der Waals surface area contributed by atoms with Gasteiger partial charge in [0, 0.05) is 31.7 Å². The fourth-order valence-corrected chi connectivity index (χ4v) is 3.30. The van der Waals surface area contributed by atoms with Gasteiger partial charge < -0.3 is 14.5 Å². The lowest BCUT2D eigenvalue weighted by Gasteiger charge is -2.20. The maximum atomic E-state index is 12.5. The number of benzene rings is 1. The van der Waals surface area contributed by atoms with Crippen LogP contribution in [0, 0.1) is 5.92 Å². The topological polar surface area (TPSA) is 49.9 Å². The average Bonchev–Trinajstić information content (AvgIpc) is 3.16. The van der Waals surface area contributed by atoms with E-state index >= 15 is 0 Å². The van der Waals surface area contributed by atoms with E-state index in [1.165, 1.54) is 0 Å². The van der Waals surface area contributed by atoms with Gasteiger partial charge in [-0.2, -0.15) is 0 Å². The summed E-state index contributed by atoms with van der Waals surface area (Å²) in [7, 11) is 0. The van der Waals surface area contributed by atoms with Crippen molar-refractivity contribution in [2.45, 2.75) is 39.2 Å². The molecule has 2 heterocycles. The summed E-state index contributed by atoms with van der Waals surface area (Å²) in [5.41, 5.74) is 0.836. The molecule has 23 heavy (non-hydrogen) atoms. The lowest BCUT2D eigenvalue weighted by molar-refractivity contribution is -0.134. The molecule has 0 radical (unpaired) electrons. The highest BCUT2D eigenvalue weighted by Crippen LogP contribution is 2.28. The zero-order valence-corrected chi connectivity index (χ0v) is 13.8. The number of hydrogen-bond donors (Lipinski definition) is 0. The Morgan fingerprint density at radius 1 is 1.17 bits per heavy atom. The Morgan fingerprint density at radius 3 is 2.43 bits per heavy atom. The summed E-state index contributed by atoms with van der Waals surface area (Å²) in [4.78, 5) is 28.4. The normalized spacial score (nSPS) is 21.3. The first-order valence-electron chi connectivity index (χ1n) is 8.40. The van der Waals surface area contributed by atoms with E-state index in [9.17, 15) is 9.59 Å². The van der Waals surface area contributed by atoms with Crippen molar-refractivity contribution < 1.29 is 14.3 Å². The monoisotopic (exact) mass is 316 g/mol. The van der Waals surface area contributed by atoms with Gasteiger partial charge in [-0.25, -0.2) is 0 Å². The minimum absolute atomic E-state index is 0.0278. The van der Waals surface area contributed by atoms with Gasteiger partial charge in [0.25, 0.3) is 0 Å². The Labute approximate surface area is 137 Å². The summed E-state index contributed by atoms with van der Waals surface area (Å²) in [5, 5.41) is 0. The fraction of sp³-hybridized carbons (Fsp3) is 0.556. The lowest BCUT2D eigenvalue weighted by atomic mass is 10.1. The zero-order valence-electron chi connectivity index (χ0n) is 13.8. The third kappa shape index (κ3) is 3.49. The lowest BCUT2D eigenvalue weighted by Crippen LogP contribution is -2.35. The first-order chi connectivity index (χ1) is 11.0. The number of likely N-dealkylation sites (tertiary alicyclic amines) is 1. The van der Waals surface area contributed by atoms with Crippen LogP contribution < -0.4 is 9.64 Å². The van der Waals surface area contributed by atoms with Crippen molar-refractivity contribution in [2.24, 2.45) is 5.92 Å². The number of carbonyl (C=O) groups is 2. The summed E-state index contributed by atoms with van der Waals surface area (Å²) in [5.74, 6) is 0.755. The van der Waals surface area contributed by atoms with Gasteiger partial charge in [0.15, 0.2) is 0 Å². The van der Waals surface area contributed by atoms with Gasteiger partial charge in [-0.1, -0.05) is 0 Å². The molecular weight excluding hydrogens is 292 g/mol. The van der Waals surface area contributed by atoms with Crippen LogP contribution in [0.2, 0.25) is 0 Å². The van der Waals surface area contributed by atoms with Crippen LogP contribution >= 0.6 is 0 Å². The van der Waals surface area contributed by atoms with Crippen LogP contribution in [-0.2, 0) is 9.59 Å². The maximum absolute atomic E-state index is 12.5. The maximum Gasteiger partial charge on any atom is 0.228 e. The van der Waals surface area contributed by atoms with E-state index in [0.29, 0.717) is 13.0 Å². The number of hydrogen-bond acceptors (Lipinski definition) is 3. The average molecular weight is 316 g/mol. The molecule has 5 nitrogen and oxygen atoms in total. The molecule has 1 aromatic rings. The second-order valence-corrected chi connectivity index (χ2v) is 6.60. The Morgan fingerprint density at radius 2 is 1.83 bits per heavy atom. The Balaban J connectivity index is 1.66. The third-order valence-corrected chi connectivity index (χ3v) is 4.41. The van der Waals surface area contributed by atoms with E-state index < -0.39 is 0 Å². The number of anilines is 1. The Bertz CT molecular complexity index is 576. The van der Waals surface area contributed by atoms with Crippen molar-refractivity contribution in [1.82, 2.24) is 4.90 Å². The van der Waals surface area contributed by atoms with Crippen molar-refractivity contribution in [3.63, 3.8) is 0 Å². The van der Waals surface area contributed by atoms with Gasteiger partial charge in [-0.05, 0) is 51.0 Å². The van der Waals surface area contributed by atoms with Crippen LogP contribution in [-0.4, -0.2) is 42.5 Å². The third-order valence-electron chi connectivity index (χ3n) is 4.41. The molecule has 3 rings (SSSR count). The summed E-state index contributed by atoms with van der Waals surface area (Å²) < 4.78 is 5.62. The standard InChI is InChI=1S/C18H24N2O3/c1-13(2)23-16-7-5-15(6-8-16)20-12-14(11-17(20)21)18(22)19-9-3-4-10-19/h5-8,13-14H,3-4,9-12H2,1-2H3/t14-/m0/s1. The van der Waals surface area contributed by atoms with Crippen LogP contribution in [0.3, 0.4) is 0 Å². The first-order valence-corrected chi connectivity index (χ1v) is 8.40. The van der Waals surface area contributed by atoms with Crippen molar-refractivity contribution in [2.75, 3.05) is 24.5 Å². The predicted octanol–water partition coefficient (Wildman–Crippen LogP) is 2.45. The van der Waals surface area contributed by atoms with Crippen molar-refractivity contribution in [3.05, 3.63) is 24.3 Å². The van der Waals surface area contributed by atoms with E-state index in [2.05, 4.69) is 0 Å². The van der Waals surface area contributed by atoms with Crippen molar-refractivity contribution in [3.8, 4) is 5.75 Å². The smallest absolute Gasteiger partial charge is 0.228 e. The summed E-state index contributed by atoms with van der Waals surface area (Å²) in [6.07, 6.45) is 2.59. The molecule has 0 aromatic heterocycles. The van der Waals surface area contributed by atoms with Crippen LogP contribution in [0.15, 0.2) is 24.3 Å². The van der Waals surface area contributed by atoms with Crippen LogP contribution in [0.5, 0.6) is 5.75 Å². The molecule has 2 fully saturated rings. The molecule has 0 N–H and O–H groups in total. The molecule has 2 saturated heterocycles. The molecule has 1 aromatic carbocycles. The van der Waals surface area contributed by atoms with Crippen LogP contribution in [0.1, 0.15) is 33.1 Å². The van der Waals surface area contributed by atoms with E-state index in [1.807, 2.05) is 43.0 Å². The first kappa shape index (κ1) is 15.8. The molecule has 0 spiro atoms. The largest absolute Gasteiger partial charge is 0.491 e. The van der Waals surface area contributed by atoms with Crippen molar-refractivity contribution in [1.29, 1.82) is 0 Å². The Kier molecular flexibility index (Phi) is 4.55. The molecule has 124 valence electrons. The predicted molar refractivity (Wildman–Crippen MR) is 88.5 cm³/mol. The van der Waals surface area contributed by atoms with Crippen molar-refractivity contribution >= 4 is 17.5 Å². The van der Waals surface area contributed by atoms with Gasteiger partial charge in [0.1, 0.15) is 5.75 Å². The highest BCUT2D eigenvalue weighted by molar-refractivity contribution is 6.00. The molecule has 5 heteroatoms. The molecule has 1 atom stereocenters. The van der Waals surface area contributed by atoms with E-state index in [1.54, 1.807) is 4.90 Å². The zero-order chi connectivity index (χ0) is 16.4. The molecule has 0 aliphatic carbocycles. The van der Waals surface area contributed by atoms with E-state index in [4.69, 9.17) is 4.74 Å². The Hall–Kier alpha value is -2.04. The minimum atomic E-state index is -0.202. The highest BCUT2D eigenvalue weighted by atomic mass is 16.5. The molecule has 2 aliphatic rings. The van der Waals surface area contributed by atoms with Gasteiger partial charge >= 0.3 is 0 Å². The molecule has 0 bridgehead atoms. The van der Waals surface area contributed by atoms with Crippen LogP contribution in [0.25, 0.3) is 0 Å². The number of amides is 2. The van der Waals surface area contributed by atoms with Gasteiger partial charge in [0.05, 0.1) is 12.0 Å². The second kappa shape index (κ2) is 6.60. The molecular formula is C18H24N2O3. The number of nitrogens with zero attached hydrogens (tertiary/aromatic N) is 2. The van der Waals surface area contributed by atoms with Gasteiger partial charge in [-0.15, -0.1) is 0 Å². The summed E-state index contributed by atoms with van der Waals surface area (Å²) in [6, 6.07) is 7.52. The quantitative estimate of drug-likeness (QED) is 0.857. The molecule has 0 unspecified atom stereocenters. The number of ether oxygens (including phenoxy) is 1. The summed E-state index contributed by atoms with van der Waals surface area (Å²) in [6.45, 7) is 6.12. The SMILES string of the molecule is CC(C)Oc1ccc(N2C[C@@H](C(=O)N3CCCC3)CC2=O)cc1. The van der Waals surface area contributed by atoms with E-state index in [0.717, 1.165) is 37.4 Å². The molecule has 2 amide bonds. The van der Waals surface area contributed by atoms with E-state index in [-0.39, 0.29) is 23.8 Å². The molecule has 0 saturated carbocycles. The van der Waals surface area contributed by atoms with Gasteiger partial charge in [0.2, 0.25) is 11.8 Å².